The lowest BCUT2D eigenvalue weighted by Gasteiger charge is -2.33. The monoisotopic (exact) mass is 382 g/mol. The Morgan fingerprint density at radius 2 is 0.962 bits per heavy atom. The van der Waals surface area contributed by atoms with Crippen molar-refractivity contribution >= 4 is 28.3 Å². The highest BCUT2D eigenvalue weighted by molar-refractivity contribution is 6.79. The van der Waals surface area contributed by atoms with E-state index in [1.807, 2.05) is 0 Å². The molecule has 0 heterocycles. The molecule has 0 bridgehead atoms. The third-order valence-corrected chi connectivity index (χ3v) is 11.5. The average Bonchev–Trinajstić information content (AvgIpc) is 3.10. The van der Waals surface area contributed by atoms with Gasteiger partial charge in [0.05, 0.1) is 16.1 Å². The van der Waals surface area contributed by atoms with E-state index in [9.17, 15) is 0 Å². The van der Waals surface area contributed by atoms with Crippen LogP contribution in [0.25, 0.3) is 12.2 Å². The molecule has 1 aromatic carbocycles. The third kappa shape index (κ3) is 2.84. The minimum absolute atomic E-state index is 0.705. The number of hydrogen-bond acceptors (Lipinski definition) is 0. The Hall–Kier alpha value is -0.866. The fourth-order valence-electron chi connectivity index (χ4n) is 5.71. The van der Waals surface area contributed by atoms with Gasteiger partial charge in [0.25, 0.3) is 0 Å². The third-order valence-electron chi connectivity index (χ3n) is 6.72. The molecular formula is C24H38Si2. The van der Waals surface area contributed by atoms with E-state index in [4.69, 9.17) is 0 Å². The normalized spacial score (nSPS) is 22.2. The van der Waals surface area contributed by atoms with Crippen LogP contribution in [0.15, 0.2) is 11.1 Å². The van der Waals surface area contributed by atoms with Crippen LogP contribution in [-0.2, 0) is 0 Å². The molecule has 2 atom stereocenters. The Morgan fingerprint density at radius 1 is 0.654 bits per heavy atom. The van der Waals surface area contributed by atoms with E-state index in [1.165, 1.54) is 12.8 Å². The molecule has 0 saturated carbocycles. The number of hydrogen-bond donors (Lipinski definition) is 0. The van der Waals surface area contributed by atoms with Gasteiger partial charge in [-0.25, -0.2) is 0 Å². The number of benzene rings is 1. The van der Waals surface area contributed by atoms with Crippen LogP contribution in [0.4, 0.5) is 0 Å². The predicted octanol–water partition coefficient (Wildman–Crippen LogP) is 7.84. The van der Waals surface area contributed by atoms with Crippen LogP contribution in [0.1, 0.15) is 71.2 Å². The fourth-order valence-corrected chi connectivity index (χ4v) is 11.0. The van der Waals surface area contributed by atoms with Crippen LogP contribution in [-0.4, -0.2) is 16.1 Å². The Labute approximate surface area is 163 Å². The molecule has 0 nitrogen and oxygen atoms in total. The van der Waals surface area contributed by atoms with Crippen LogP contribution in [0.5, 0.6) is 0 Å². The van der Waals surface area contributed by atoms with Gasteiger partial charge in [0.2, 0.25) is 0 Å². The molecule has 0 spiro atoms. The van der Waals surface area contributed by atoms with Crippen molar-refractivity contribution in [2.75, 3.05) is 0 Å². The second-order valence-electron chi connectivity index (χ2n) is 10.6. The molecule has 26 heavy (non-hydrogen) atoms. The first-order valence-corrected chi connectivity index (χ1v) is 17.7. The summed E-state index contributed by atoms with van der Waals surface area (Å²) in [7, 11) is -2.61. The van der Waals surface area contributed by atoms with E-state index >= 15 is 0 Å². The van der Waals surface area contributed by atoms with Crippen LogP contribution in [0.2, 0.25) is 39.3 Å². The van der Waals surface area contributed by atoms with E-state index in [1.54, 1.807) is 44.5 Å². The molecule has 0 fully saturated rings. The highest BCUT2D eigenvalue weighted by atomic mass is 28.3. The summed E-state index contributed by atoms with van der Waals surface area (Å²) >= 11 is 0. The summed E-state index contributed by atoms with van der Waals surface area (Å²) in [5, 5.41) is 0. The van der Waals surface area contributed by atoms with E-state index in [-0.39, 0.29) is 0 Å². The maximum absolute atomic E-state index is 2.59. The lowest BCUT2D eigenvalue weighted by atomic mass is 9.89. The summed E-state index contributed by atoms with van der Waals surface area (Å²) in [5.74, 6) is 0. The maximum Gasteiger partial charge on any atom is 0.0569 e. The molecule has 0 N–H and O–H groups in total. The second kappa shape index (κ2) is 6.34. The van der Waals surface area contributed by atoms with Crippen molar-refractivity contribution in [3.05, 3.63) is 44.5 Å². The average molecular weight is 383 g/mol. The smallest absolute Gasteiger partial charge is 0.0569 e. The molecule has 0 aromatic heterocycles. The topological polar surface area (TPSA) is 0 Å². The second-order valence-corrected chi connectivity index (χ2v) is 21.3. The molecule has 0 amide bonds. The fraction of sp³-hybridized carbons (Fsp3) is 0.583. The molecule has 2 aliphatic carbocycles. The zero-order chi connectivity index (χ0) is 19.6. The summed E-state index contributed by atoms with van der Waals surface area (Å²) in [4.78, 5) is 0. The van der Waals surface area contributed by atoms with E-state index in [0.717, 1.165) is 0 Å². The van der Waals surface area contributed by atoms with Crippen molar-refractivity contribution in [3.8, 4) is 0 Å². The molecule has 0 radical (unpaired) electrons. The number of fused-ring (bicyclic) bond motifs is 2. The van der Waals surface area contributed by atoms with Gasteiger partial charge in [-0.3, -0.25) is 0 Å². The summed E-state index contributed by atoms with van der Waals surface area (Å²) in [6.07, 6.45) is 7.57. The van der Waals surface area contributed by atoms with Crippen molar-refractivity contribution in [2.24, 2.45) is 0 Å². The summed E-state index contributed by atoms with van der Waals surface area (Å²) in [6, 6.07) is 0. The summed E-state index contributed by atoms with van der Waals surface area (Å²) < 4.78 is 0. The molecule has 2 aliphatic rings. The molecule has 1 aromatic rings. The van der Waals surface area contributed by atoms with Gasteiger partial charge in [0.15, 0.2) is 0 Å². The van der Waals surface area contributed by atoms with Crippen LogP contribution in [0.3, 0.4) is 0 Å². The zero-order valence-corrected chi connectivity index (χ0v) is 20.7. The minimum atomic E-state index is -1.31. The highest BCUT2D eigenvalue weighted by Gasteiger charge is 2.42. The SMILES string of the molecule is CCC1=Cc2c(C)c3c(c(C)c2[C@@H]1[Si](C)(C)C)C=C(CC)[C@@H]3[Si](C)(C)C. The standard InChI is InChI=1S/C24H38Si2/c1-11-17-13-19-15(3)22-20(14-18(12-2)24(22)26(8,9)10)16(4)21(19)23(17)25(5,6)7/h13-14,23-24H,11-12H2,1-10H3/t23-,24+. The molecule has 142 valence electrons. The molecule has 0 aliphatic heterocycles. The number of rotatable bonds is 4. The van der Waals surface area contributed by atoms with Gasteiger partial charge in [-0.05, 0) is 60.1 Å². The van der Waals surface area contributed by atoms with Gasteiger partial charge in [0, 0.05) is 11.1 Å². The minimum Gasteiger partial charge on any atom is -0.0688 e. The summed E-state index contributed by atoms with van der Waals surface area (Å²) in [6.45, 7) is 24.9. The largest absolute Gasteiger partial charge is 0.0688 e. The first kappa shape index (κ1) is 19.9. The van der Waals surface area contributed by atoms with Crippen molar-refractivity contribution in [1.29, 1.82) is 0 Å². The highest BCUT2D eigenvalue weighted by Crippen LogP contribution is 2.53. The molecule has 0 saturated heterocycles. The maximum atomic E-state index is 2.59. The Bertz CT molecular complexity index is 741. The van der Waals surface area contributed by atoms with Crippen molar-refractivity contribution < 1.29 is 0 Å². The van der Waals surface area contributed by atoms with Crippen LogP contribution >= 0.6 is 0 Å². The summed E-state index contributed by atoms with van der Waals surface area (Å²) in [5.41, 5.74) is 14.6. The Morgan fingerprint density at radius 3 is 1.19 bits per heavy atom. The van der Waals surface area contributed by atoms with Gasteiger partial charge >= 0.3 is 0 Å². The van der Waals surface area contributed by atoms with Gasteiger partial charge in [-0.15, -0.1) is 0 Å². The van der Waals surface area contributed by atoms with Crippen LogP contribution < -0.4 is 0 Å². The van der Waals surface area contributed by atoms with Gasteiger partial charge in [0.1, 0.15) is 0 Å². The molecular weight excluding hydrogens is 344 g/mol. The molecule has 3 rings (SSSR count). The zero-order valence-electron chi connectivity index (χ0n) is 18.7. The van der Waals surface area contributed by atoms with Gasteiger partial charge in [-0.1, -0.05) is 76.4 Å². The number of allylic oxidation sites excluding steroid dienone is 2. The Balaban J connectivity index is 2.33. The van der Waals surface area contributed by atoms with E-state index < -0.39 is 16.1 Å². The first-order valence-electron chi connectivity index (χ1n) is 10.5. The molecule has 2 heteroatoms. The van der Waals surface area contributed by atoms with Gasteiger partial charge < -0.3 is 0 Å². The van der Waals surface area contributed by atoms with E-state index in [0.29, 0.717) is 11.1 Å². The van der Waals surface area contributed by atoms with Crippen LogP contribution in [0, 0.1) is 13.8 Å². The van der Waals surface area contributed by atoms with E-state index in [2.05, 4.69) is 79.1 Å². The lowest BCUT2D eigenvalue weighted by Crippen LogP contribution is -2.33. The van der Waals surface area contributed by atoms with Crippen molar-refractivity contribution in [3.63, 3.8) is 0 Å². The first-order chi connectivity index (χ1) is 11.9. The molecule has 0 unspecified atom stereocenters. The van der Waals surface area contributed by atoms with Gasteiger partial charge in [-0.2, -0.15) is 0 Å². The Kier molecular flexibility index (Phi) is 4.85. The van der Waals surface area contributed by atoms with Crippen molar-refractivity contribution in [1.82, 2.24) is 0 Å². The van der Waals surface area contributed by atoms with Crippen molar-refractivity contribution in [2.45, 2.75) is 90.9 Å². The quantitative estimate of drug-likeness (QED) is 0.465. The predicted molar refractivity (Wildman–Crippen MR) is 125 cm³/mol. The lowest BCUT2D eigenvalue weighted by molar-refractivity contribution is 0.947.